The van der Waals surface area contributed by atoms with E-state index in [1.807, 2.05) is 7.05 Å². The molecule has 0 radical (unpaired) electrons. The van der Waals surface area contributed by atoms with Crippen LogP contribution in [0.4, 0.5) is 5.69 Å². The normalized spacial score (nSPS) is 14.5. The predicted molar refractivity (Wildman–Crippen MR) is 79.1 cm³/mol. The van der Waals surface area contributed by atoms with E-state index < -0.39 is 0 Å². The molecule has 0 aromatic heterocycles. The predicted octanol–water partition coefficient (Wildman–Crippen LogP) is 2.10. The highest BCUT2D eigenvalue weighted by molar-refractivity contribution is 5.81. The van der Waals surface area contributed by atoms with E-state index in [4.69, 9.17) is 0 Å². The Morgan fingerprint density at radius 2 is 1.67 bits per heavy atom. The number of hydrogen-bond donors (Lipinski definition) is 1. The van der Waals surface area contributed by atoms with Crippen LogP contribution >= 0.6 is 0 Å². The van der Waals surface area contributed by atoms with Crippen molar-refractivity contribution < 1.29 is 0 Å². The molecule has 18 heavy (non-hydrogen) atoms. The number of guanidine groups is 1. The number of benzene rings is 1. The van der Waals surface area contributed by atoms with Crippen LogP contribution in [0.1, 0.15) is 13.0 Å². The van der Waals surface area contributed by atoms with Gasteiger partial charge in [0.2, 0.25) is 0 Å². The fourth-order valence-electron chi connectivity index (χ4n) is 1.97. The maximum atomic E-state index is 4.66. The maximum Gasteiger partial charge on any atom is 0.196 e. The van der Waals surface area contributed by atoms with Gasteiger partial charge >= 0.3 is 0 Å². The Morgan fingerprint density at radius 3 is 2.17 bits per heavy atom. The molecular formula is C14H24N4. The van der Waals surface area contributed by atoms with Gasteiger partial charge < -0.3 is 15.1 Å². The second-order valence-corrected chi connectivity index (χ2v) is 4.41. The Bertz CT molecular complexity index is 385. The minimum atomic E-state index is 0. The molecule has 0 aliphatic carbocycles. The summed E-state index contributed by atoms with van der Waals surface area (Å²) in [6.07, 6.45) is 0. The highest BCUT2D eigenvalue weighted by Crippen LogP contribution is 2.11. The van der Waals surface area contributed by atoms with Gasteiger partial charge in [-0.15, -0.1) is 0 Å². The highest BCUT2D eigenvalue weighted by Gasteiger charge is 2.18. The molecule has 1 heterocycles. The summed E-state index contributed by atoms with van der Waals surface area (Å²) < 4.78 is 0. The van der Waals surface area contributed by atoms with Gasteiger partial charge in [0.15, 0.2) is 5.96 Å². The maximum absolute atomic E-state index is 4.66. The van der Waals surface area contributed by atoms with Gasteiger partial charge in [-0.2, -0.15) is 0 Å². The van der Waals surface area contributed by atoms with Gasteiger partial charge in [-0.25, -0.2) is 4.99 Å². The molecule has 0 amide bonds. The summed E-state index contributed by atoms with van der Waals surface area (Å²) in [5.41, 5.74) is 2.38. The Balaban J connectivity index is 0.00000162. The SMILES string of the molecule is C.CNc1ccc(CN=C2N(C)CCN2C)cc1. The number of likely N-dealkylation sites (N-methyl/N-ethyl adjacent to an activating group) is 2. The van der Waals surface area contributed by atoms with Gasteiger partial charge in [-0.05, 0) is 17.7 Å². The Hall–Kier alpha value is -1.71. The molecule has 100 valence electrons. The van der Waals surface area contributed by atoms with Crippen molar-refractivity contribution in [2.24, 2.45) is 4.99 Å². The van der Waals surface area contributed by atoms with Crippen molar-refractivity contribution in [3.8, 4) is 0 Å². The molecule has 0 bridgehead atoms. The van der Waals surface area contributed by atoms with Crippen LogP contribution in [-0.2, 0) is 6.54 Å². The molecule has 2 rings (SSSR count). The lowest BCUT2D eigenvalue weighted by Gasteiger charge is -2.15. The summed E-state index contributed by atoms with van der Waals surface area (Å²) in [5, 5.41) is 3.11. The zero-order valence-corrected chi connectivity index (χ0v) is 10.8. The van der Waals surface area contributed by atoms with E-state index in [1.54, 1.807) is 0 Å². The fraction of sp³-hybridized carbons (Fsp3) is 0.500. The van der Waals surface area contributed by atoms with Crippen molar-refractivity contribution in [2.45, 2.75) is 14.0 Å². The summed E-state index contributed by atoms with van der Waals surface area (Å²) in [5.74, 6) is 1.09. The summed E-state index contributed by atoms with van der Waals surface area (Å²) in [7, 11) is 6.11. The van der Waals surface area contributed by atoms with Gasteiger partial charge in [-0.3, -0.25) is 0 Å². The minimum absolute atomic E-state index is 0. The molecule has 1 fully saturated rings. The van der Waals surface area contributed by atoms with Crippen LogP contribution in [0.5, 0.6) is 0 Å². The van der Waals surface area contributed by atoms with Gasteiger partial charge in [-0.1, -0.05) is 19.6 Å². The van der Waals surface area contributed by atoms with Crippen molar-refractivity contribution in [2.75, 3.05) is 39.5 Å². The third-order valence-electron chi connectivity index (χ3n) is 3.10. The number of hydrogen-bond acceptors (Lipinski definition) is 2. The zero-order chi connectivity index (χ0) is 12.3. The summed E-state index contributed by atoms with van der Waals surface area (Å²) in [6.45, 7) is 2.87. The first-order valence-electron chi connectivity index (χ1n) is 5.94. The molecule has 1 saturated heterocycles. The van der Waals surface area contributed by atoms with Crippen LogP contribution in [0, 0.1) is 0 Å². The molecule has 0 unspecified atom stereocenters. The van der Waals surface area contributed by atoms with Crippen LogP contribution in [0.15, 0.2) is 29.3 Å². The third-order valence-corrected chi connectivity index (χ3v) is 3.10. The topological polar surface area (TPSA) is 30.9 Å². The van der Waals surface area contributed by atoms with E-state index in [2.05, 4.69) is 58.5 Å². The van der Waals surface area contributed by atoms with E-state index in [9.17, 15) is 0 Å². The lowest BCUT2D eigenvalue weighted by Crippen LogP contribution is -2.28. The lowest BCUT2D eigenvalue weighted by molar-refractivity contribution is 0.553. The second-order valence-electron chi connectivity index (χ2n) is 4.41. The molecule has 0 atom stereocenters. The standard InChI is InChI=1S/C13H20N4.CH4/c1-14-12-6-4-11(5-7-12)10-15-13-16(2)8-9-17(13)3;/h4-7,14H,8-10H2,1-3H3;1H4. The van der Waals surface area contributed by atoms with Gasteiger partial charge in [0.1, 0.15) is 0 Å². The first kappa shape index (κ1) is 14.4. The van der Waals surface area contributed by atoms with Crippen LogP contribution in [0.3, 0.4) is 0 Å². The minimum Gasteiger partial charge on any atom is -0.388 e. The third kappa shape index (κ3) is 3.15. The lowest BCUT2D eigenvalue weighted by atomic mass is 10.2. The Labute approximate surface area is 110 Å². The number of anilines is 1. The second kappa shape index (κ2) is 6.28. The molecule has 4 nitrogen and oxygen atoms in total. The Kier molecular flexibility index (Phi) is 5.01. The average Bonchev–Trinajstić information content (AvgIpc) is 2.67. The first-order valence-corrected chi connectivity index (χ1v) is 5.94. The summed E-state index contributed by atoms with van der Waals surface area (Å²) in [6, 6.07) is 8.39. The van der Waals surface area contributed by atoms with Crippen molar-refractivity contribution in [3.05, 3.63) is 29.8 Å². The fourth-order valence-corrected chi connectivity index (χ4v) is 1.97. The van der Waals surface area contributed by atoms with Crippen LogP contribution < -0.4 is 5.32 Å². The molecule has 1 aliphatic rings. The molecule has 1 aliphatic heterocycles. The first-order chi connectivity index (χ1) is 8.20. The molecular weight excluding hydrogens is 224 g/mol. The van der Waals surface area contributed by atoms with Gasteiger partial charge in [0.25, 0.3) is 0 Å². The molecule has 4 heteroatoms. The van der Waals surface area contributed by atoms with E-state index in [0.717, 1.165) is 31.3 Å². The van der Waals surface area contributed by atoms with E-state index >= 15 is 0 Å². The molecule has 0 spiro atoms. The Morgan fingerprint density at radius 1 is 1.11 bits per heavy atom. The van der Waals surface area contributed by atoms with E-state index in [-0.39, 0.29) is 7.43 Å². The van der Waals surface area contributed by atoms with E-state index in [0.29, 0.717) is 0 Å². The van der Waals surface area contributed by atoms with Crippen molar-refractivity contribution >= 4 is 11.6 Å². The molecule has 1 aromatic carbocycles. The van der Waals surface area contributed by atoms with Crippen LogP contribution in [0.25, 0.3) is 0 Å². The quantitative estimate of drug-likeness (QED) is 0.888. The highest BCUT2D eigenvalue weighted by atomic mass is 15.4. The molecule has 1 aromatic rings. The number of nitrogens with one attached hydrogen (secondary N) is 1. The number of aliphatic imine (C=N–C) groups is 1. The summed E-state index contributed by atoms with van der Waals surface area (Å²) >= 11 is 0. The van der Waals surface area contributed by atoms with Crippen molar-refractivity contribution in [1.82, 2.24) is 9.80 Å². The van der Waals surface area contributed by atoms with Gasteiger partial charge in [0, 0.05) is 39.9 Å². The van der Waals surface area contributed by atoms with Gasteiger partial charge in [0.05, 0.1) is 6.54 Å². The summed E-state index contributed by atoms with van der Waals surface area (Å²) in [4.78, 5) is 9.05. The van der Waals surface area contributed by atoms with Crippen LogP contribution in [0.2, 0.25) is 0 Å². The average molecular weight is 248 g/mol. The number of rotatable bonds is 3. The van der Waals surface area contributed by atoms with Crippen LogP contribution in [-0.4, -0.2) is 50.0 Å². The zero-order valence-electron chi connectivity index (χ0n) is 10.8. The largest absolute Gasteiger partial charge is 0.388 e. The van der Waals surface area contributed by atoms with Crippen molar-refractivity contribution in [3.63, 3.8) is 0 Å². The van der Waals surface area contributed by atoms with E-state index in [1.165, 1.54) is 5.56 Å². The number of nitrogens with zero attached hydrogens (tertiary/aromatic N) is 3. The monoisotopic (exact) mass is 248 g/mol. The molecule has 1 N–H and O–H groups in total. The van der Waals surface area contributed by atoms with Crippen molar-refractivity contribution in [1.29, 1.82) is 0 Å². The smallest absolute Gasteiger partial charge is 0.196 e. The molecule has 0 saturated carbocycles.